The molecule has 1 aromatic carbocycles. The van der Waals surface area contributed by atoms with Gasteiger partial charge in [0.1, 0.15) is 5.75 Å². The van der Waals surface area contributed by atoms with Crippen molar-refractivity contribution < 1.29 is 14.7 Å². The number of hydrogen-bond donors (Lipinski definition) is 3. The number of phenols is 1. The van der Waals surface area contributed by atoms with E-state index in [0.717, 1.165) is 5.56 Å². The van der Waals surface area contributed by atoms with Crippen molar-refractivity contribution in [3.05, 3.63) is 29.8 Å². The molecular weight excluding hydrogens is 220 g/mol. The Bertz CT molecular complexity index is 376. The third-order valence-corrected chi connectivity index (χ3v) is 2.23. The van der Waals surface area contributed by atoms with E-state index in [1.165, 1.54) is 0 Å². The molecule has 2 amide bonds. The van der Waals surface area contributed by atoms with E-state index in [-0.39, 0.29) is 24.2 Å². The van der Waals surface area contributed by atoms with Crippen molar-refractivity contribution in [2.75, 3.05) is 6.54 Å². The zero-order valence-corrected chi connectivity index (χ0v) is 9.64. The summed E-state index contributed by atoms with van der Waals surface area (Å²) in [5.41, 5.74) is 1.03. The van der Waals surface area contributed by atoms with E-state index in [9.17, 15) is 9.59 Å². The Balaban J connectivity index is 2.38. The SMILES string of the molecule is C[C@H](Cc1ccc(O)cc1)NC(=O)CNC=O. The first-order chi connectivity index (χ1) is 8.11. The van der Waals surface area contributed by atoms with Crippen molar-refractivity contribution in [3.63, 3.8) is 0 Å². The number of carbonyl (C=O) groups is 2. The number of benzene rings is 1. The van der Waals surface area contributed by atoms with E-state index in [2.05, 4.69) is 10.6 Å². The molecule has 17 heavy (non-hydrogen) atoms. The monoisotopic (exact) mass is 236 g/mol. The van der Waals surface area contributed by atoms with Gasteiger partial charge in [0.25, 0.3) is 0 Å². The Morgan fingerprint density at radius 2 is 2.06 bits per heavy atom. The number of hydrogen-bond acceptors (Lipinski definition) is 3. The van der Waals surface area contributed by atoms with Crippen LogP contribution in [0.1, 0.15) is 12.5 Å². The molecule has 0 fully saturated rings. The maximum absolute atomic E-state index is 11.3. The van der Waals surface area contributed by atoms with Gasteiger partial charge in [-0.3, -0.25) is 9.59 Å². The Hall–Kier alpha value is -2.04. The van der Waals surface area contributed by atoms with E-state index < -0.39 is 0 Å². The van der Waals surface area contributed by atoms with Crippen LogP contribution in [0, 0.1) is 0 Å². The zero-order chi connectivity index (χ0) is 12.7. The summed E-state index contributed by atoms with van der Waals surface area (Å²) in [7, 11) is 0. The highest BCUT2D eigenvalue weighted by Gasteiger charge is 2.07. The third kappa shape index (κ3) is 5.01. The first-order valence-electron chi connectivity index (χ1n) is 5.36. The molecule has 1 rings (SSSR count). The molecule has 0 radical (unpaired) electrons. The second-order valence-electron chi connectivity index (χ2n) is 3.84. The number of rotatable bonds is 6. The minimum Gasteiger partial charge on any atom is -0.508 e. The van der Waals surface area contributed by atoms with E-state index in [0.29, 0.717) is 12.8 Å². The van der Waals surface area contributed by atoms with Crippen LogP contribution in [0.15, 0.2) is 24.3 Å². The lowest BCUT2D eigenvalue weighted by Crippen LogP contribution is -2.39. The van der Waals surface area contributed by atoms with Crippen LogP contribution in [0.3, 0.4) is 0 Å². The normalized spacial score (nSPS) is 11.6. The molecule has 0 aliphatic carbocycles. The van der Waals surface area contributed by atoms with Gasteiger partial charge in [-0.2, -0.15) is 0 Å². The van der Waals surface area contributed by atoms with Gasteiger partial charge in [-0.15, -0.1) is 0 Å². The molecule has 1 atom stereocenters. The number of carbonyl (C=O) groups excluding carboxylic acids is 2. The lowest BCUT2D eigenvalue weighted by atomic mass is 10.1. The third-order valence-electron chi connectivity index (χ3n) is 2.23. The molecule has 1 aromatic rings. The largest absolute Gasteiger partial charge is 0.508 e. The van der Waals surface area contributed by atoms with Crippen molar-refractivity contribution >= 4 is 12.3 Å². The van der Waals surface area contributed by atoms with Crippen LogP contribution >= 0.6 is 0 Å². The fraction of sp³-hybridized carbons (Fsp3) is 0.333. The molecule has 0 saturated carbocycles. The van der Waals surface area contributed by atoms with Crippen molar-refractivity contribution in [3.8, 4) is 5.75 Å². The van der Waals surface area contributed by atoms with Crippen LogP contribution < -0.4 is 10.6 Å². The zero-order valence-electron chi connectivity index (χ0n) is 9.64. The van der Waals surface area contributed by atoms with Gasteiger partial charge in [0.15, 0.2) is 0 Å². The molecule has 0 aliphatic rings. The van der Waals surface area contributed by atoms with Gasteiger partial charge in [0.2, 0.25) is 12.3 Å². The molecule has 0 saturated heterocycles. The molecule has 0 aromatic heterocycles. The highest BCUT2D eigenvalue weighted by molar-refractivity contribution is 5.80. The molecule has 5 nitrogen and oxygen atoms in total. The van der Waals surface area contributed by atoms with Crippen molar-refractivity contribution in [2.45, 2.75) is 19.4 Å². The average molecular weight is 236 g/mol. The highest BCUT2D eigenvalue weighted by atomic mass is 16.3. The summed E-state index contributed by atoms with van der Waals surface area (Å²) in [5.74, 6) is 0.00370. The number of phenolic OH excluding ortho intramolecular Hbond substituents is 1. The highest BCUT2D eigenvalue weighted by Crippen LogP contribution is 2.11. The lowest BCUT2D eigenvalue weighted by Gasteiger charge is -2.13. The van der Waals surface area contributed by atoms with Crippen LogP contribution in [0.25, 0.3) is 0 Å². The Labute approximate surface area is 99.8 Å². The van der Waals surface area contributed by atoms with Gasteiger partial charge < -0.3 is 15.7 Å². The van der Waals surface area contributed by atoms with E-state index in [1.807, 2.05) is 19.1 Å². The van der Waals surface area contributed by atoms with Crippen LogP contribution in [0.5, 0.6) is 5.75 Å². The van der Waals surface area contributed by atoms with E-state index in [4.69, 9.17) is 5.11 Å². The minimum absolute atomic E-state index is 0.0105. The molecule has 0 unspecified atom stereocenters. The van der Waals surface area contributed by atoms with E-state index in [1.54, 1.807) is 12.1 Å². The maximum Gasteiger partial charge on any atom is 0.239 e. The van der Waals surface area contributed by atoms with Gasteiger partial charge in [-0.25, -0.2) is 0 Å². The second kappa shape index (κ2) is 6.52. The molecule has 92 valence electrons. The van der Waals surface area contributed by atoms with Crippen LogP contribution in [0.2, 0.25) is 0 Å². The van der Waals surface area contributed by atoms with Crippen molar-refractivity contribution in [1.82, 2.24) is 10.6 Å². The van der Waals surface area contributed by atoms with E-state index >= 15 is 0 Å². The van der Waals surface area contributed by atoms with Gasteiger partial charge in [-0.05, 0) is 31.0 Å². The minimum atomic E-state index is -0.219. The first-order valence-corrected chi connectivity index (χ1v) is 5.36. The summed E-state index contributed by atoms with van der Waals surface area (Å²) in [5, 5.41) is 14.2. The maximum atomic E-state index is 11.3. The summed E-state index contributed by atoms with van der Waals surface area (Å²) in [6.07, 6.45) is 1.16. The molecule has 0 spiro atoms. The second-order valence-corrected chi connectivity index (χ2v) is 3.84. The summed E-state index contributed by atoms with van der Waals surface area (Å²) < 4.78 is 0. The molecule has 5 heteroatoms. The lowest BCUT2D eigenvalue weighted by molar-refractivity contribution is -0.122. The predicted octanol–water partition coefficient (Wildman–Crippen LogP) is 0.185. The molecule has 3 N–H and O–H groups in total. The predicted molar refractivity (Wildman–Crippen MR) is 63.5 cm³/mol. The van der Waals surface area contributed by atoms with Gasteiger partial charge >= 0.3 is 0 Å². The average Bonchev–Trinajstić information content (AvgIpc) is 2.29. The van der Waals surface area contributed by atoms with Crippen molar-refractivity contribution in [1.29, 1.82) is 0 Å². The van der Waals surface area contributed by atoms with Gasteiger partial charge in [0.05, 0.1) is 6.54 Å². The summed E-state index contributed by atoms with van der Waals surface area (Å²) >= 11 is 0. The summed E-state index contributed by atoms with van der Waals surface area (Å²) in [6.45, 7) is 1.87. The smallest absolute Gasteiger partial charge is 0.239 e. The quantitative estimate of drug-likeness (QED) is 0.617. The van der Waals surface area contributed by atoms with Crippen LogP contribution in [-0.2, 0) is 16.0 Å². The fourth-order valence-electron chi connectivity index (χ4n) is 1.50. The van der Waals surface area contributed by atoms with Crippen LogP contribution in [-0.4, -0.2) is 30.0 Å². The summed E-state index contributed by atoms with van der Waals surface area (Å²) in [6, 6.07) is 6.80. The molecule has 0 heterocycles. The number of aromatic hydroxyl groups is 1. The standard InChI is InChI=1S/C12H16N2O3/c1-9(14-12(17)7-13-8-15)6-10-2-4-11(16)5-3-10/h2-5,8-9,16H,6-7H2,1H3,(H,13,15)(H,14,17)/t9-/m1/s1. The first kappa shape index (κ1) is 13.0. The number of nitrogens with one attached hydrogen (secondary N) is 2. The van der Waals surface area contributed by atoms with Gasteiger partial charge in [0, 0.05) is 6.04 Å². The molecular formula is C12H16N2O3. The Morgan fingerprint density at radius 1 is 1.41 bits per heavy atom. The number of amides is 2. The Kier molecular flexibility index (Phi) is 5.00. The van der Waals surface area contributed by atoms with Gasteiger partial charge in [-0.1, -0.05) is 12.1 Å². The molecule has 0 aliphatic heterocycles. The fourth-order valence-corrected chi connectivity index (χ4v) is 1.50. The Morgan fingerprint density at radius 3 is 2.65 bits per heavy atom. The molecule has 0 bridgehead atoms. The summed E-state index contributed by atoms with van der Waals surface area (Å²) in [4.78, 5) is 21.3. The topological polar surface area (TPSA) is 78.4 Å². The van der Waals surface area contributed by atoms with Crippen molar-refractivity contribution in [2.24, 2.45) is 0 Å². The van der Waals surface area contributed by atoms with Crippen LogP contribution in [0.4, 0.5) is 0 Å².